The van der Waals surface area contributed by atoms with Gasteiger partial charge in [-0.2, -0.15) is 0 Å². The number of anilines is 1. The van der Waals surface area contributed by atoms with Crippen molar-refractivity contribution in [1.29, 1.82) is 0 Å². The Labute approximate surface area is 168 Å². The number of aromatic nitrogens is 1. The summed E-state index contributed by atoms with van der Waals surface area (Å²) in [5.74, 6) is 3.08. The van der Waals surface area contributed by atoms with Gasteiger partial charge in [0, 0.05) is 44.8 Å². The lowest BCUT2D eigenvalue weighted by molar-refractivity contribution is -0.122. The van der Waals surface area contributed by atoms with Gasteiger partial charge in [-0.15, -0.1) is 0 Å². The van der Waals surface area contributed by atoms with Crippen LogP contribution >= 0.6 is 0 Å². The third kappa shape index (κ3) is 6.39. The molecular weight excluding hydrogens is 352 g/mol. The molecule has 2 aliphatic rings. The zero-order valence-electron chi connectivity index (χ0n) is 17.2. The molecule has 1 amide bonds. The maximum atomic E-state index is 11.6. The molecule has 1 aromatic heterocycles. The molecule has 0 atom stereocenters. The monoisotopic (exact) mass is 386 g/mol. The molecule has 0 radical (unpaired) electrons. The zero-order valence-corrected chi connectivity index (χ0v) is 17.2. The smallest absolute Gasteiger partial charge is 0.223 e. The SMILES string of the molecule is CCNC(=NCc1ccc(N2CCC(C)CC2)nc1)NCCNC(=O)C1CC1. The van der Waals surface area contributed by atoms with Crippen LogP contribution in [0, 0.1) is 11.8 Å². The largest absolute Gasteiger partial charge is 0.357 e. The predicted octanol–water partition coefficient (Wildman–Crippen LogP) is 1.90. The number of carbonyl (C=O) groups excluding carboxylic acids is 1. The zero-order chi connectivity index (χ0) is 19.8. The van der Waals surface area contributed by atoms with E-state index < -0.39 is 0 Å². The first kappa shape index (κ1) is 20.4. The predicted molar refractivity (Wildman–Crippen MR) is 113 cm³/mol. The van der Waals surface area contributed by atoms with Crippen molar-refractivity contribution >= 4 is 17.7 Å². The number of amides is 1. The molecule has 7 heteroatoms. The summed E-state index contributed by atoms with van der Waals surface area (Å²) in [6.07, 6.45) is 6.48. The Balaban J connectivity index is 1.44. The second kappa shape index (κ2) is 10.3. The summed E-state index contributed by atoms with van der Waals surface area (Å²) in [6.45, 7) is 9.21. The highest BCUT2D eigenvalue weighted by molar-refractivity contribution is 5.81. The second-order valence-corrected chi connectivity index (χ2v) is 7.88. The van der Waals surface area contributed by atoms with Crippen molar-refractivity contribution in [3.05, 3.63) is 23.9 Å². The van der Waals surface area contributed by atoms with Crippen molar-refractivity contribution in [1.82, 2.24) is 20.9 Å². The summed E-state index contributed by atoms with van der Waals surface area (Å²) in [6, 6.07) is 4.22. The molecule has 2 heterocycles. The van der Waals surface area contributed by atoms with Gasteiger partial charge in [-0.25, -0.2) is 9.98 Å². The standard InChI is InChI=1S/C21H34N6O/c1-3-22-21(24-11-10-23-20(28)18-5-6-18)26-15-17-4-7-19(25-14-17)27-12-8-16(2)9-13-27/h4,7,14,16,18H,3,5-6,8-13,15H2,1-2H3,(H,23,28)(H2,22,24,26). The number of nitrogens with zero attached hydrogens (tertiary/aromatic N) is 3. The van der Waals surface area contributed by atoms with E-state index in [1.807, 2.05) is 13.1 Å². The van der Waals surface area contributed by atoms with Gasteiger partial charge in [-0.3, -0.25) is 4.79 Å². The van der Waals surface area contributed by atoms with Crippen LogP contribution in [0.5, 0.6) is 0 Å². The fourth-order valence-corrected chi connectivity index (χ4v) is 3.30. The molecule has 2 fully saturated rings. The topological polar surface area (TPSA) is 81.7 Å². The van der Waals surface area contributed by atoms with E-state index in [1.54, 1.807) is 0 Å². The maximum Gasteiger partial charge on any atom is 0.223 e. The number of pyridine rings is 1. The molecule has 1 aliphatic heterocycles. The molecule has 1 aliphatic carbocycles. The minimum atomic E-state index is 0.179. The van der Waals surface area contributed by atoms with Gasteiger partial charge in [0.1, 0.15) is 5.82 Å². The van der Waals surface area contributed by atoms with Crippen molar-refractivity contribution in [2.24, 2.45) is 16.8 Å². The van der Waals surface area contributed by atoms with Gasteiger partial charge in [-0.1, -0.05) is 13.0 Å². The molecule has 3 rings (SSSR count). The van der Waals surface area contributed by atoms with E-state index in [-0.39, 0.29) is 11.8 Å². The van der Waals surface area contributed by atoms with Crippen LogP contribution in [0.2, 0.25) is 0 Å². The van der Waals surface area contributed by atoms with Gasteiger partial charge in [0.15, 0.2) is 5.96 Å². The summed E-state index contributed by atoms with van der Waals surface area (Å²) in [5.41, 5.74) is 1.09. The lowest BCUT2D eigenvalue weighted by atomic mass is 9.99. The molecule has 1 saturated heterocycles. The maximum absolute atomic E-state index is 11.6. The van der Waals surface area contributed by atoms with E-state index in [9.17, 15) is 4.79 Å². The molecule has 3 N–H and O–H groups in total. The van der Waals surface area contributed by atoms with E-state index in [4.69, 9.17) is 0 Å². The molecule has 1 aromatic rings. The summed E-state index contributed by atoms with van der Waals surface area (Å²) in [5, 5.41) is 9.47. The Morgan fingerprint density at radius 2 is 1.89 bits per heavy atom. The van der Waals surface area contributed by atoms with Gasteiger partial charge in [0.2, 0.25) is 5.91 Å². The lowest BCUT2D eigenvalue weighted by Crippen LogP contribution is -2.41. The van der Waals surface area contributed by atoms with E-state index in [0.717, 1.165) is 55.7 Å². The average molecular weight is 387 g/mol. The van der Waals surface area contributed by atoms with Crippen LogP contribution < -0.4 is 20.9 Å². The summed E-state index contributed by atoms with van der Waals surface area (Å²) >= 11 is 0. The quantitative estimate of drug-likeness (QED) is 0.361. The highest BCUT2D eigenvalue weighted by Gasteiger charge is 2.28. The van der Waals surface area contributed by atoms with Crippen molar-refractivity contribution in [3.63, 3.8) is 0 Å². The third-order valence-electron chi connectivity index (χ3n) is 5.35. The minimum Gasteiger partial charge on any atom is -0.357 e. The summed E-state index contributed by atoms with van der Waals surface area (Å²) in [7, 11) is 0. The second-order valence-electron chi connectivity index (χ2n) is 7.88. The Morgan fingerprint density at radius 1 is 1.14 bits per heavy atom. The van der Waals surface area contributed by atoms with E-state index in [2.05, 4.69) is 49.9 Å². The number of guanidine groups is 1. The highest BCUT2D eigenvalue weighted by atomic mass is 16.2. The van der Waals surface area contributed by atoms with Crippen molar-refractivity contribution in [2.75, 3.05) is 37.6 Å². The van der Waals surface area contributed by atoms with Crippen LogP contribution in [-0.4, -0.2) is 49.6 Å². The van der Waals surface area contributed by atoms with Crippen LogP contribution in [0.15, 0.2) is 23.3 Å². The number of rotatable bonds is 8. The van der Waals surface area contributed by atoms with Crippen LogP contribution in [0.3, 0.4) is 0 Å². The number of aliphatic imine (C=N–C) groups is 1. The van der Waals surface area contributed by atoms with Crippen molar-refractivity contribution < 1.29 is 4.79 Å². The highest BCUT2D eigenvalue weighted by Crippen LogP contribution is 2.28. The van der Waals surface area contributed by atoms with Crippen molar-refractivity contribution in [3.8, 4) is 0 Å². The van der Waals surface area contributed by atoms with E-state index >= 15 is 0 Å². The Morgan fingerprint density at radius 3 is 2.54 bits per heavy atom. The van der Waals surface area contributed by atoms with Gasteiger partial charge >= 0.3 is 0 Å². The molecular formula is C21H34N6O. The number of hydrogen-bond donors (Lipinski definition) is 3. The Bertz CT molecular complexity index is 647. The first-order valence-corrected chi connectivity index (χ1v) is 10.7. The molecule has 28 heavy (non-hydrogen) atoms. The van der Waals surface area contributed by atoms with Crippen LogP contribution in [-0.2, 0) is 11.3 Å². The van der Waals surface area contributed by atoms with Gasteiger partial charge in [0.05, 0.1) is 6.54 Å². The molecule has 0 unspecified atom stereocenters. The van der Waals surface area contributed by atoms with Crippen LogP contribution in [0.1, 0.15) is 45.1 Å². The molecule has 0 bridgehead atoms. The number of carbonyl (C=O) groups is 1. The third-order valence-corrected chi connectivity index (χ3v) is 5.35. The fraction of sp³-hybridized carbons (Fsp3) is 0.667. The molecule has 0 spiro atoms. The van der Waals surface area contributed by atoms with E-state index in [1.165, 1.54) is 12.8 Å². The molecule has 7 nitrogen and oxygen atoms in total. The van der Waals surface area contributed by atoms with Crippen LogP contribution in [0.25, 0.3) is 0 Å². The van der Waals surface area contributed by atoms with Gasteiger partial charge in [0.25, 0.3) is 0 Å². The minimum absolute atomic E-state index is 0.179. The first-order valence-electron chi connectivity index (χ1n) is 10.7. The number of piperidine rings is 1. The van der Waals surface area contributed by atoms with Gasteiger partial charge < -0.3 is 20.9 Å². The number of nitrogens with one attached hydrogen (secondary N) is 3. The first-order chi connectivity index (χ1) is 13.7. The Hall–Kier alpha value is -2.31. The summed E-state index contributed by atoms with van der Waals surface area (Å²) < 4.78 is 0. The molecule has 154 valence electrons. The lowest BCUT2D eigenvalue weighted by Gasteiger charge is -2.31. The van der Waals surface area contributed by atoms with Crippen LogP contribution in [0.4, 0.5) is 5.82 Å². The number of hydrogen-bond acceptors (Lipinski definition) is 4. The fourth-order valence-electron chi connectivity index (χ4n) is 3.30. The van der Waals surface area contributed by atoms with Gasteiger partial charge in [-0.05, 0) is 50.2 Å². The summed E-state index contributed by atoms with van der Waals surface area (Å²) in [4.78, 5) is 23.3. The average Bonchev–Trinajstić information content (AvgIpc) is 3.55. The molecule has 1 saturated carbocycles. The Kier molecular flexibility index (Phi) is 7.51. The van der Waals surface area contributed by atoms with E-state index in [0.29, 0.717) is 19.6 Å². The molecule has 0 aromatic carbocycles. The van der Waals surface area contributed by atoms with Crippen molar-refractivity contribution in [2.45, 2.75) is 46.1 Å². The normalized spacial score (nSPS) is 18.1.